The van der Waals surface area contributed by atoms with Gasteiger partial charge in [-0.05, 0) is 30.5 Å². The predicted octanol–water partition coefficient (Wildman–Crippen LogP) is 2.78. The van der Waals surface area contributed by atoms with Crippen molar-refractivity contribution in [3.63, 3.8) is 0 Å². The minimum atomic E-state index is -0.0274. The number of nitrogens with one attached hydrogen (secondary N) is 1. The van der Waals surface area contributed by atoms with Gasteiger partial charge in [-0.25, -0.2) is 0 Å². The number of hydrogen-bond acceptors (Lipinski definition) is 5. The molecule has 1 aliphatic rings. The molecule has 1 N–H and O–H groups in total. The van der Waals surface area contributed by atoms with Crippen molar-refractivity contribution in [3.05, 3.63) is 53.9 Å². The van der Waals surface area contributed by atoms with E-state index in [1.807, 2.05) is 47.0 Å². The number of carbonyl (C=O) groups is 1. The lowest BCUT2D eigenvalue weighted by atomic mass is 9.97. The van der Waals surface area contributed by atoms with Crippen LogP contribution in [0, 0.1) is 5.92 Å². The normalized spacial score (nSPS) is 17.2. The highest BCUT2D eigenvalue weighted by Gasteiger charge is 2.27. The summed E-state index contributed by atoms with van der Waals surface area (Å²) in [5.41, 5.74) is 1.87. The Morgan fingerprint density at radius 1 is 1.18 bits per heavy atom. The molecule has 28 heavy (non-hydrogen) atoms. The van der Waals surface area contributed by atoms with Gasteiger partial charge in [0, 0.05) is 25.6 Å². The summed E-state index contributed by atoms with van der Waals surface area (Å²) >= 11 is 0. The Hall–Kier alpha value is -2.96. The summed E-state index contributed by atoms with van der Waals surface area (Å²) in [6.45, 7) is 6.31. The summed E-state index contributed by atoms with van der Waals surface area (Å²) < 4.78 is 1.82. The third-order valence-electron chi connectivity index (χ3n) is 5.21. The number of fused-ring (bicyclic) bond motifs is 1. The van der Waals surface area contributed by atoms with Crippen molar-refractivity contribution < 1.29 is 4.79 Å². The lowest BCUT2D eigenvalue weighted by molar-refractivity contribution is -0.125. The molecule has 1 aliphatic heterocycles. The Morgan fingerprint density at radius 3 is 2.79 bits per heavy atom. The van der Waals surface area contributed by atoms with Crippen LogP contribution in [0.5, 0.6) is 0 Å². The van der Waals surface area contributed by atoms with Crippen LogP contribution in [0.3, 0.4) is 0 Å². The van der Waals surface area contributed by atoms with Crippen LogP contribution < -0.4 is 10.2 Å². The molecule has 146 valence electrons. The van der Waals surface area contributed by atoms with Gasteiger partial charge in [-0.1, -0.05) is 44.2 Å². The zero-order chi connectivity index (χ0) is 19.5. The van der Waals surface area contributed by atoms with Crippen molar-refractivity contribution in [2.75, 3.05) is 18.0 Å². The minimum absolute atomic E-state index is 0.0274. The Kier molecular flexibility index (Phi) is 5.23. The molecule has 2 aromatic heterocycles. The number of aromatic nitrogens is 4. The molecule has 1 atom stereocenters. The zero-order valence-electron chi connectivity index (χ0n) is 16.4. The molecule has 7 heteroatoms. The summed E-state index contributed by atoms with van der Waals surface area (Å²) in [7, 11) is 0. The molecule has 1 aromatic carbocycles. The van der Waals surface area contributed by atoms with E-state index in [1.165, 1.54) is 0 Å². The molecule has 1 amide bonds. The number of nitrogens with zero attached hydrogens (tertiary/aromatic N) is 5. The summed E-state index contributed by atoms with van der Waals surface area (Å²) in [6, 6.07) is 13.9. The molecule has 7 nitrogen and oxygen atoms in total. The van der Waals surface area contributed by atoms with Crippen LogP contribution >= 0.6 is 0 Å². The van der Waals surface area contributed by atoms with E-state index in [4.69, 9.17) is 5.10 Å². The largest absolute Gasteiger partial charge is 0.354 e. The smallest absolute Gasteiger partial charge is 0.225 e. The Morgan fingerprint density at radius 2 is 2.00 bits per heavy atom. The molecule has 0 radical (unpaired) electrons. The fourth-order valence-electron chi connectivity index (χ4n) is 3.65. The topological polar surface area (TPSA) is 75.4 Å². The number of piperidine rings is 1. The van der Waals surface area contributed by atoms with E-state index in [1.54, 1.807) is 0 Å². The SMILES string of the molecule is CC(C)c1nnc2ccc(N3CCCC(C(=O)NCc4ccccc4)C3)nn12. The maximum Gasteiger partial charge on any atom is 0.225 e. The van der Waals surface area contributed by atoms with E-state index in [9.17, 15) is 4.79 Å². The molecule has 0 bridgehead atoms. The van der Waals surface area contributed by atoms with Crippen molar-refractivity contribution >= 4 is 17.4 Å². The summed E-state index contributed by atoms with van der Waals surface area (Å²) in [6.07, 6.45) is 1.88. The number of amides is 1. The average molecular weight is 378 g/mol. The molecule has 0 spiro atoms. The number of rotatable bonds is 5. The fraction of sp³-hybridized carbons (Fsp3) is 0.429. The standard InChI is InChI=1S/C21H26N6O/c1-15(2)20-24-23-18-10-11-19(25-27(18)20)26-12-6-9-17(14-26)21(28)22-13-16-7-4-3-5-8-16/h3-5,7-8,10-11,15,17H,6,9,12-14H2,1-2H3,(H,22,28). The maximum atomic E-state index is 12.7. The van der Waals surface area contributed by atoms with E-state index in [0.29, 0.717) is 13.1 Å². The van der Waals surface area contributed by atoms with Gasteiger partial charge in [0.05, 0.1) is 5.92 Å². The van der Waals surface area contributed by atoms with Crippen LogP contribution in [0.25, 0.3) is 5.65 Å². The number of carbonyl (C=O) groups excluding carboxylic acids is 1. The van der Waals surface area contributed by atoms with Crippen molar-refractivity contribution in [3.8, 4) is 0 Å². The van der Waals surface area contributed by atoms with E-state index in [2.05, 4.69) is 34.3 Å². The second-order valence-electron chi connectivity index (χ2n) is 7.66. The van der Waals surface area contributed by atoms with Gasteiger partial charge in [-0.3, -0.25) is 4.79 Å². The van der Waals surface area contributed by atoms with Crippen LogP contribution in [0.2, 0.25) is 0 Å². The quantitative estimate of drug-likeness (QED) is 0.739. The summed E-state index contributed by atoms with van der Waals surface area (Å²) in [5, 5.41) is 16.3. The first-order valence-electron chi connectivity index (χ1n) is 9.91. The van der Waals surface area contributed by atoms with Gasteiger partial charge in [0.2, 0.25) is 5.91 Å². The lowest BCUT2D eigenvalue weighted by Crippen LogP contribution is -2.43. The third kappa shape index (κ3) is 3.83. The van der Waals surface area contributed by atoms with E-state index < -0.39 is 0 Å². The van der Waals surface area contributed by atoms with Gasteiger partial charge in [-0.15, -0.1) is 15.3 Å². The van der Waals surface area contributed by atoms with Gasteiger partial charge >= 0.3 is 0 Å². The van der Waals surface area contributed by atoms with Crippen molar-refractivity contribution in [2.24, 2.45) is 5.92 Å². The molecule has 0 saturated carbocycles. The highest BCUT2D eigenvalue weighted by molar-refractivity contribution is 5.79. The molecule has 1 saturated heterocycles. The first kappa shape index (κ1) is 18.4. The average Bonchev–Trinajstić information content (AvgIpc) is 3.16. The van der Waals surface area contributed by atoms with E-state index in [0.717, 1.165) is 42.2 Å². The number of hydrogen-bond donors (Lipinski definition) is 1. The van der Waals surface area contributed by atoms with Crippen molar-refractivity contribution in [1.29, 1.82) is 0 Å². The third-order valence-corrected chi connectivity index (χ3v) is 5.21. The van der Waals surface area contributed by atoms with Crippen LogP contribution in [0.1, 0.15) is 44.0 Å². The van der Waals surface area contributed by atoms with Crippen LogP contribution in [0.4, 0.5) is 5.82 Å². The molecule has 1 fully saturated rings. The Balaban J connectivity index is 1.45. The van der Waals surface area contributed by atoms with E-state index >= 15 is 0 Å². The minimum Gasteiger partial charge on any atom is -0.354 e. The first-order valence-corrected chi connectivity index (χ1v) is 9.91. The molecule has 3 heterocycles. The molecule has 4 rings (SSSR count). The maximum absolute atomic E-state index is 12.7. The first-order chi connectivity index (χ1) is 13.6. The van der Waals surface area contributed by atoms with Gasteiger partial charge in [0.1, 0.15) is 5.82 Å². The van der Waals surface area contributed by atoms with Gasteiger partial charge in [0.15, 0.2) is 11.5 Å². The Bertz CT molecular complexity index is 952. The van der Waals surface area contributed by atoms with Crippen LogP contribution in [0.15, 0.2) is 42.5 Å². The van der Waals surface area contributed by atoms with E-state index in [-0.39, 0.29) is 17.7 Å². The van der Waals surface area contributed by atoms with Gasteiger partial charge in [-0.2, -0.15) is 4.52 Å². The fourth-order valence-corrected chi connectivity index (χ4v) is 3.65. The molecule has 3 aromatic rings. The monoisotopic (exact) mass is 378 g/mol. The Labute approximate surface area is 164 Å². The predicted molar refractivity (Wildman–Crippen MR) is 108 cm³/mol. The van der Waals surface area contributed by atoms with Crippen molar-refractivity contribution in [2.45, 2.75) is 39.2 Å². The van der Waals surface area contributed by atoms with Gasteiger partial charge in [0.25, 0.3) is 0 Å². The molecular formula is C21H26N6O. The van der Waals surface area contributed by atoms with Crippen molar-refractivity contribution in [1.82, 2.24) is 25.1 Å². The van der Waals surface area contributed by atoms with Crippen LogP contribution in [-0.2, 0) is 11.3 Å². The molecule has 1 unspecified atom stereocenters. The second-order valence-corrected chi connectivity index (χ2v) is 7.66. The van der Waals surface area contributed by atoms with Gasteiger partial charge < -0.3 is 10.2 Å². The zero-order valence-corrected chi connectivity index (χ0v) is 16.4. The number of anilines is 1. The summed E-state index contributed by atoms with van der Waals surface area (Å²) in [5.74, 6) is 2.05. The second kappa shape index (κ2) is 7.96. The number of benzene rings is 1. The highest BCUT2D eigenvalue weighted by atomic mass is 16.1. The van der Waals surface area contributed by atoms with Crippen LogP contribution in [-0.4, -0.2) is 38.8 Å². The summed E-state index contributed by atoms with van der Waals surface area (Å²) in [4.78, 5) is 14.9. The lowest BCUT2D eigenvalue weighted by Gasteiger charge is -2.32. The molecular weight excluding hydrogens is 352 g/mol. The molecule has 0 aliphatic carbocycles. The highest BCUT2D eigenvalue weighted by Crippen LogP contribution is 2.23.